The number of nitrogens with zero attached hydrogens (tertiary/aromatic N) is 4. The molecule has 2 aliphatic heterocycles. The minimum absolute atomic E-state index is 0.0496. The Kier molecular flexibility index (Phi) is 8.75. The van der Waals surface area contributed by atoms with E-state index in [9.17, 15) is 9.59 Å². The molecule has 2 fully saturated rings. The highest BCUT2D eigenvalue weighted by atomic mass is 16.3. The van der Waals surface area contributed by atoms with Crippen molar-refractivity contribution in [2.45, 2.75) is 32.6 Å². The van der Waals surface area contributed by atoms with Crippen LogP contribution in [0.25, 0.3) is 0 Å². The molecule has 1 aromatic rings. The summed E-state index contributed by atoms with van der Waals surface area (Å²) in [5, 5.41) is 3.38. The first kappa shape index (κ1) is 23.1. The zero-order chi connectivity index (χ0) is 22.1. The van der Waals surface area contributed by atoms with E-state index in [1.165, 1.54) is 6.26 Å². The van der Waals surface area contributed by atoms with Gasteiger partial charge >= 0.3 is 0 Å². The fourth-order valence-electron chi connectivity index (χ4n) is 4.18. The van der Waals surface area contributed by atoms with E-state index < -0.39 is 0 Å². The lowest BCUT2D eigenvalue weighted by Gasteiger charge is -2.36. The Bertz CT molecular complexity index is 720. The lowest BCUT2D eigenvalue weighted by atomic mass is 9.96. The highest BCUT2D eigenvalue weighted by molar-refractivity contribution is 5.91. The summed E-state index contributed by atoms with van der Waals surface area (Å²) in [6.45, 7) is 9.47. The molecule has 0 bridgehead atoms. The van der Waals surface area contributed by atoms with Crippen molar-refractivity contribution in [3.63, 3.8) is 0 Å². The second-order valence-electron chi connectivity index (χ2n) is 8.22. The molecule has 0 saturated carbocycles. The van der Waals surface area contributed by atoms with Crippen LogP contribution in [0.2, 0.25) is 0 Å². The van der Waals surface area contributed by atoms with Gasteiger partial charge in [-0.3, -0.25) is 14.6 Å². The number of piperidine rings is 1. The van der Waals surface area contributed by atoms with Gasteiger partial charge in [-0.1, -0.05) is 0 Å². The predicted octanol–water partition coefficient (Wildman–Crippen LogP) is 0.980. The number of aliphatic imine (C=N–C) groups is 1. The number of guanidine groups is 1. The van der Waals surface area contributed by atoms with Gasteiger partial charge in [0.25, 0.3) is 5.91 Å². The third kappa shape index (κ3) is 6.72. The van der Waals surface area contributed by atoms with E-state index in [4.69, 9.17) is 15.1 Å². The standard InChI is InChI=1S/C22H36N6O3/c1-2-24-22(25-9-3-4-10-26-11-7-18(8-12-26)20(23)29)28-15-13-27(14-16-28)21(30)19-6-5-17-31-19/h5-6,17-18H,2-4,7-16H2,1H3,(H2,23,29)(H,24,25). The molecule has 0 aliphatic carbocycles. The Morgan fingerprint density at radius 1 is 1.13 bits per heavy atom. The molecule has 0 aromatic carbocycles. The molecular weight excluding hydrogens is 396 g/mol. The maximum Gasteiger partial charge on any atom is 0.289 e. The normalized spacial score (nSPS) is 18.9. The summed E-state index contributed by atoms with van der Waals surface area (Å²) in [5.74, 6) is 1.17. The fraction of sp³-hybridized carbons (Fsp3) is 0.682. The van der Waals surface area contributed by atoms with Crippen LogP contribution in [0.15, 0.2) is 27.8 Å². The van der Waals surface area contributed by atoms with Gasteiger partial charge in [0.05, 0.1) is 6.26 Å². The molecule has 2 amide bonds. The molecule has 31 heavy (non-hydrogen) atoms. The van der Waals surface area contributed by atoms with Crippen molar-refractivity contribution in [2.24, 2.45) is 16.6 Å². The minimum atomic E-state index is -0.156. The molecule has 3 rings (SSSR count). The molecule has 9 heteroatoms. The van der Waals surface area contributed by atoms with Crippen molar-refractivity contribution in [3.8, 4) is 0 Å². The number of hydrogen-bond acceptors (Lipinski definition) is 5. The number of unbranched alkanes of at least 4 members (excludes halogenated alkanes) is 1. The molecule has 2 aliphatic rings. The first-order chi connectivity index (χ1) is 15.1. The second kappa shape index (κ2) is 11.7. The Balaban J connectivity index is 1.37. The summed E-state index contributed by atoms with van der Waals surface area (Å²) in [5.41, 5.74) is 5.41. The predicted molar refractivity (Wildman–Crippen MR) is 120 cm³/mol. The number of carbonyl (C=O) groups is 2. The summed E-state index contributed by atoms with van der Waals surface area (Å²) in [7, 11) is 0. The minimum Gasteiger partial charge on any atom is -0.459 e. The van der Waals surface area contributed by atoms with Crippen molar-refractivity contribution < 1.29 is 14.0 Å². The molecule has 3 N–H and O–H groups in total. The van der Waals surface area contributed by atoms with Gasteiger partial charge in [0.1, 0.15) is 0 Å². The number of amides is 2. The molecule has 2 saturated heterocycles. The Morgan fingerprint density at radius 3 is 2.45 bits per heavy atom. The lowest BCUT2D eigenvalue weighted by Crippen LogP contribution is -2.53. The largest absolute Gasteiger partial charge is 0.459 e. The van der Waals surface area contributed by atoms with E-state index in [1.807, 2.05) is 4.90 Å². The van der Waals surface area contributed by atoms with Crippen LogP contribution in [-0.2, 0) is 4.79 Å². The van der Waals surface area contributed by atoms with Gasteiger partial charge in [-0.15, -0.1) is 0 Å². The maximum atomic E-state index is 12.4. The number of rotatable bonds is 8. The molecule has 0 spiro atoms. The fourth-order valence-corrected chi connectivity index (χ4v) is 4.18. The van der Waals surface area contributed by atoms with E-state index in [2.05, 4.69) is 22.0 Å². The lowest BCUT2D eigenvalue weighted by molar-refractivity contribution is -0.123. The monoisotopic (exact) mass is 432 g/mol. The molecule has 0 atom stereocenters. The van der Waals surface area contributed by atoms with E-state index in [1.54, 1.807) is 12.1 Å². The van der Waals surface area contributed by atoms with E-state index in [0.717, 1.165) is 77.5 Å². The van der Waals surface area contributed by atoms with Gasteiger partial charge in [0.15, 0.2) is 11.7 Å². The van der Waals surface area contributed by atoms with Crippen LogP contribution in [-0.4, -0.2) is 91.4 Å². The maximum absolute atomic E-state index is 12.4. The summed E-state index contributed by atoms with van der Waals surface area (Å²) in [6, 6.07) is 3.45. The van der Waals surface area contributed by atoms with Crippen LogP contribution in [0.4, 0.5) is 0 Å². The zero-order valence-corrected chi connectivity index (χ0v) is 18.6. The molecule has 9 nitrogen and oxygen atoms in total. The summed E-state index contributed by atoms with van der Waals surface area (Å²) in [4.78, 5) is 35.0. The summed E-state index contributed by atoms with van der Waals surface area (Å²) in [6.07, 6.45) is 5.42. The van der Waals surface area contributed by atoms with Gasteiger partial charge in [-0.05, 0) is 64.4 Å². The van der Waals surface area contributed by atoms with E-state index >= 15 is 0 Å². The second-order valence-corrected chi connectivity index (χ2v) is 8.22. The first-order valence-corrected chi connectivity index (χ1v) is 11.5. The van der Waals surface area contributed by atoms with Crippen molar-refractivity contribution in [3.05, 3.63) is 24.2 Å². The van der Waals surface area contributed by atoms with E-state index in [0.29, 0.717) is 18.8 Å². The number of nitrogens with one attached hydrogen (secondary N) is 1. The number of furan rings is 1. The van der Waals surface area contributed by atoms with Crippen molar-refractivity contribution in [1.29, 1.82) is 0 Å². The Morgan fingerprint density at radius 2 is 1.84 bits per heavy atom. The number of likely N-dealkylation sites (tertiary alicyclic amines) is 1. The zero-order valence-electron chi connectivity index (χ0n) is 18.6. The van der Waals surface area contributed by atoms with Crippen LogP contribution >= 0.6 is 0 Å². The van der Waals surface area contributed by atoms with Crippen molar-refractivity contribution in [1.82, 2.24) is 20.0 Å². The molecule has 0 unspecified atom stereocenters. The van der Waals surface area contributed by atoms with E-state index in [-0.39, 0.29) is 17.7 Å². The smallest absolute Gasteiger partial charge is 0.289 e. The number of piperazine rings is 1. The third-order valence-corrected chi connectivity index (χ3v) is 6.07. The first-order valence-electron chi connectivity index (χ1n) is 11.5. The Hall–Kier alpha value is -2.55. The molecule has 1 aromatic heterocycles. The van der Waals surface area contributed by atoms with Crippen LogP contribution in [0, 0.1) is 5.92 Å². The quantitative estimate of drug-likeness (QED) is 0.360. The Labute approximate surface area is 184 Å². The SMILES string of the molecule is CCNC(=NCCCCN1CCC(C(N)=O)CC1)N1CCN(C(=O)c2ccco2)CC1. The van der Waals surface area contributed by atoms with Gasteiger partial charge in [0, 0.05) is 45.2 Å². The van der Waals surface area contributed by atoms with Crippen molar-refractivity contribution >= 4 is 17.8 Å². The molecule has 3 heterocycles. The van der Waals surface area contributed by atoms with Crippen LogP contribution in [0.5, 0.6) is 0 Å². The number of carbonyl (C=O) groups excluding carboxylic acids is 2. The van der Waals surface area contributed by atoms with Gasteiger partial charge in [-0.25, -0.2) is 0 Å². The van der Waals surface area contributed by atoms with Crippen LogP contribution in [0.3, 0.4) is 0 Å². The average molecular weight is 433 g/mol. The third-order valence-electron chi connectivity index (χ3n) is 6.07. The van der Waals surface area contributed by atoms with Crippen LogP contribution < -0.4 is 11.1 Å². The molecule has 0 radical (unpaired) electrons. The van der Waals surface area contributed by atoms with Gasteiger partial charge < -0.3 is 30.2 Å². The highest BCUT2D eigenvalue weighted by Gasteiger charge is 2.25. The van der Waals surface area contributed by atoms with Crippen molar-refractivity contribution in [2.75, 3.05) is 58.9 Å². The average Bonchev–Trinajstić information content (AvgIpc) is 3.33. The van der Waals surface area contributed by atoms with Gasteiger partial charge in [-0.2, -0.15) is 0 Å². The summed E-state index contributed by atoms with van der Waals surface area (Å²) >= 11 is 0. The molecular formula is C22H36N6O3. The molecule has 172 valence electrons. The number of primary amides is 1. The number of hydrogen-bond donors (Lipinski definition) is 2. The van der Waals surface area contributed by atoms with Crippen LogP contribution in [0.1, 0.15) is 43.2 Å². The number of nitrogens with two attached hydrogens (primary N) is 1. The van der Waals surface area contributed by atoms with Gasteiger partial charge in [0.2, 0.25) is 5.91 Å². The topological polar surface area (TPSA) is 107 Å². The summed E-state index contributed by atoms with van der Waals surface area (Å²) < 4.78 is 5.23. The highest BCUT2D eigenvalue weighted by Crippen LogP contribution is 2.17.